The smallest absolute Gasteiger partial charge is 0.161 e. The first-order valence-corrected chi connectivity index (χ1v) is 11.3. The summed E-state index contributed by atoms with van der Waals surface area (Å²) in [6.07, 6.45) is 14.4. The number of hydrogen-bond acceptors (Lipinski definition) is 7. The monoisotopic (exact) mass is 492 g/mol. The molecule has 5 aromatic rings. The van der Waals surface area contributed by atoms with Crippen molar-refractivity contribution in [1.82, 2.24) is 29.4 Å². The van der Waals surface area contributed by atoms with Gasteiger partial charge in [0.05, 0.1) is 41.9 Å². The van der Waals surface area contributed by atoms with Gasteiger partial charge in [-0.2, -0.15) is 15.5 Å². The van der Waals surface area contributed by atoms with E-state index >= 15 is 0 Å². The van der Waals surface area contributed by atoms with Gasteiger partial charge in [-0.25, -0.2) is 23.6 Å². The Kier molecular flexibility index (Phi) is 6.23. The Labute approximate surface area is 212 Å². The van der Waals surface area contributed by atoms with E-state index in [4.69, 9.17) is 11.2 Å². The second kappa shape index (κ2) is 9.80. The Morgan fingerprint density at radius 1 is 1.11 bits per heavy atom. The van der Waals surface area contributed by atoms with Crippen LogP contribution in [0.1, 0.15) is 24.1 Å². The Balaban J connectivity index is 1.41. The zero-order valence-corrected chi connectivity index (χ0v) is 20.1. The third-order valence-electron chi connectivity index (χ3n) is 6.07. The molecule has 5 rings (SSSR count). The highest BCUT2D eigenvalue weighted by atomic mass is 19.1. The second-order valence-corrected chi connectivity index (χ2v) is 8.29. The lowest BCUT2D eigenvalue weighted by Crippen LogP contribution is -2.22. The predicted molar refractivity (Wildman–Crippen MR) is 136 cm³/mol. The molecule has 0 N–H and O–H groups in total. The fourth-order valence-corrected chi connectivity index (χ4v) is 3.99. The first kappa shape index (κ1) is 23.5. The summed E-state index contributed by atoms with van der Waals surface area (Å²) in [5, 5.41) is 17.8. The number of rotatable bonds is 7. The van der Waals surface area contributed by atoms with Gasteiger partial charge < -0.3 is 9.64 Å². The number of aromatic nitrogens is 6. The molecule has 10 heteroatoms. The molecule has 0 fully saturated rings. The highest BCUT2D eigenvalue weighted by Crippen LogP contribution is 2.32. The predicted octanol–water partition coefficient (Wildman–Crippen LogP) is 4.20. The van der Waals surface area contributed by atoms with Crippen LogP contribution >= 0.6 is 0 Å². The van der Waals surface area contributed by atoms with E-state index in [1.54, 1.807) is 29.2 Å². The molecule has 0 saturated heterocycles. The third kappa shape index (κ3) is 4.56. The van der Waals surface area contributed by atoms with E-state index in [0.717, 1.165) is 28.7 Å². The molecule has 5 aromatic heterocycles. The summed E-state index contributed by atoms with van der Waals surface area (Å²) in [6, 6.07) is 11.5. The van der Waals surface area contributed by atoms with Gasteiger partial charge >= 0.3 is 0 Å². The number of terminal acetylenes is 1. The summed E-state index contributed by atoms with van der Waals surface area (Å²) in [5.41, 5.74) is 3.63. The van der Waals surface area contributed by atoms with Crippen LogP contribution in [0.4, 0.5) is 10.2 Å². The van der Waals surface area contributed by atoms with E-state index in [1.807, 2.05) is 43.1 Å². The van der Waals surface area contributed by atoms with Gasteiger partial charge in [-0.05, 0) is 36.8 Å². The highest BCUT2D eigenvalue weighted by Gasteiger charge is 2.17. The van der Waals surface area contributed by atoms with E-state index < -0.39 is 5.82 Å². The summed E-state index contributed by atoms with van der Waals surface area (Å²) in [7, 11) is 1.95. The van der Waals surface area contributed by atoms with E-state index in [0.29, 0.717) is 22.6 Å². The van der Waals surface area contributed by atoms with Crippen LogP contribution in [0, 0.1) is 29.5 Å². The number of anilines is 1. The highest BCUT2D eigenvalue weighted by molar-refractivity contribution is 5.85. The maximum atomic E-state index is 13.3. The first-order valence-electron chi connectivity index (χ1n) is 11.3. The average molecular weight is 493 g/mol. The van der Waals surface area contributed by atoms with Crippen LogP contribution in [-0.2, 0) is 0 Å². The second-order valence-electron chi connectivity index (χ2n) is 8.29. The summed E-state index contributed by atoms with van der Waals surface area (Å²) >= 11 is 0. The molecule has 0 saturated carbocycles. The maximum Gasteiger partial charge on any atom is 0.161 e. The van der Waals surface area contributed by atoms with Crippen molar-refractivity contribution in [2.45, 2.75) is 13.0 Å². The minimum Gasteiger partial charge on any atom is -0.479 e. The maximum absolute atomic E-state index is 13.3. The van der Waals surface area contributed by atoms with Gasteiger partial charge in [-0.3, -0.25) is 0 Å². The van der Waals surface area contributed by atoms with Gasteiger partial charge in [0.2, 0.25) is 0 Å². The fraction of sp³-hybridized carbons (Fsp3) is 0.148. The van der Waals surface area contributed by atoms with E-state index in [1.165, 1.54) is 17.1 Å². The molecule has 0 amide bonds. The van der Waals surface area contributed by atoms with Crippen LogP contribution in [0.2, 0.25) is 0 Å². The quantitative estimate of drug-likeness (QED) is 0.314. The summed E-state index contributed by atoms with van der Waals surface area (Å²) in [4.78, 5) is 11.1. The van der Waals surface area contributed by atoms with E-state index in [9.17, 15) is 9.65 Å². The van der Waals surface area contributed by atoms with Crippen molar-refractivity contribution in [3.05, 3.63) is 84.5 Å². The molecule has 0 bridgehead atoms. The number of nitrogens with zero attached hydrogens (tertiary/aromatic N) is 8. The molecule has 9 nitrogen and oxygen atoms in total. The molecule has 37 heavy (non-hydrogen) atoms. The van der Waals surface area contributed by atoms with Gasteiger partial charge in [0.15, 0.2) is 11.6 Å². The van der Waals surface area contributed by atoms with Gasteiger partial charge in [0.1, 0.15) is 24.2 Å². The number of nitriles is 1. The normalized spacial score (nSPS) is 11.6. The van der Waals surface area contributed by atoms with Crippen molar-refractivity contribution in [3.63, 3.8) is 0 Å². The van der Waals surface area contributed by atoms with Gasteiger partial charge in [-0.15, -0.1) is 6.42 Å². The van der Waals surface area contributed by atoms with Gasteiger partial charge in [-0.1, -0.05) is 12.0 Å². The van der Waals surface area contributed by atoms with Crippen LogP contribution in [0.25, 0.3) is 22.5 Å². The molecule has 1 unspecified atom stereocenters. The molecule has 0 aliphatic carbocycles. The molecule has 0 aliphatic rings. The minimum absolute atomic E-state index is 0.0403. The van der Waals surface area contributed by atoms with Crippen LogP contribution in [0.5, 0.6) is 5.75 Å². The van der Waals surface area contributed by atoms with Crippen molar-refractivity contribution in [3.8, 4) is 41.1 Å². The van der Waals surface area contributed by atoms with Gasteiger partial charge in [0, 0.05) is 30.6 Å². The standard InChI is InChI=1S/C27H21FN8O/c1-4-9-37-23-10-24(27-21(11-29)14-32-36(27)17-23)20-6-7-25(30-13-20)34(3)18(2)19-5-8-26(31-12-19)35-16-22(28)15-33-35/h1,5-8,10,12-18H,9H2,2-3H3. The van der Waals surface area contributed by atoms with E-state index in [2.05, 4.69) is 32.2 Å². The largest absolute Gasteiger partial charge is 0.479 e. The van der Waals surface area contributed by atoms with Crippen LogP contribution in [0.3, 0.4) is 0 Å². The molecule has 0 radical (unpaired) electrons. The number of fused-ring (bicyclic) bond motifs is 1. The van der Waals surface area contributed by atoms with Crippen molar-refractivity contribution in [1.29, 1.82) is 5.26 Å². The van der Waals surface area contributed by atoms with Gasteiger partial charge in [0.25, 0.3) is 0 Å². The zero-order chi connectivity index (χ0) is 25.9. The third-order valence-corrected chi connectivity index (χ3v) is 6.07. The fourth-order valence-electron chi connectivity index (χ4n) is 3.99. The molecule has 0 aromatic carbocycles. The van der Waals surface area contributed by atoms with Crippen molar-refractivity contribution < 1.29 is 9.13 Å². The molecular weight excluding hydrogens is 471 g/mol. The lowest BCUT2D eigenvalue weighted by Gasteiger charge is -2.26. The summed E-state index contributed by atoms with van der Waals surface area (Å²) in [5.74, 6) is 3.85. The lowest BCUT2D eigenvalue weighted by molar-refractivity contribution is 0.368. The molecule has 0 aliphatic heterocycles. The van der Waals surface area contributed by atoms with Crippen LogP contribution in [-0.4, -0.2) is 43.0 Å². The molecule has 1 atom stereocenters. The average Bonchev–Trinajstić information content (AvgIpc) is 3.56. The summed E-state index contributed by atoms with van der Waals surface area (Å²) < 4.78 is 21.9. The number of hydrogen-bond donors (Lipinski definition) is 0. The van der Waals surface area contributed by atoms with Crippen LogP contribution in [0.15, 0.2) is 67.5 Å². The Morgan fingerprint density at radius 3 is 2.62 bits per heavy atom. The minimum atomic E-state index is -0.418. The van der Waals surface area contributed by atoms with Crippen molar-refractivity contribution in [2.75, 3.05) is 18.6 Å². The Bertz CT molecular complexity index is 1640. The lowest BCUT2D eigenvalue weighted by atomic mass is 10.0. The molecule has 182 valence electrons. The molecule has 5 heterocycles. The Hall–Kier alpha value is -5.22. The Morgan fingerprint density at radius 2 is 1.97 bits per heavy atom. The summed E-state index contributed by atoms with van der Waals surface area (Å²) in [6.45, 7) is 2.16. The number of halogens is 1. The topological polar surface area (TPSA) is 97.2 Å². The number of pyridine rings is 3. The SMILES string of the molecule is C#CCOc1cc(-c2ccc(N(C)C(C)c3ccc(-n4cc(F)cn4)nc3)nc2)c2c(C#N)cnn2c1. The molecular formula is C27H21FN8O. The van der Waals surface area contributed by atoms with Crippen LogP contribution < -0.4 is 9.64 Å². The first-order chi connectivity index (χ1) is 18.0. The van der Waals surface area contributed by atoms with E-state index in [-0.39, 0.29) is 12.6 Å². The number of ether oxygens (including phenoxy) is 1. The van der Waals surface area contributed by atoms with Crippen molar-refractivity contribution in [2.24, 2.45) is 0 Å². The van der Waals surface area contributed by atoms with Crippen molar-refractivity contribution >= 4 is 11.3 Å². The zero-order valence-electron chi connectivity index (χ0n) is 20.1. The molecule has 0 spiro atoms.